The highest BCUT2D eigenvalue weighted by Gasteiger charge is 2.31. The number of aliphatic hydroxyl groups is 1. The van der Waals surface area contributed by atoms with Crippen molar-refractivity contribution in [3.63, 3.8) is 0 Å². The van der Waals surface area contributed by atoms with Gasteiger partial charge < -0.3 is 25.0 Å². The Morgan fingerprint density at radius 2 is 2.14 bits per heavy atom. The molecule has 2 aliphatic rings. The fourth-order valence-corrected chi connectivity index (χ4v) is 2.13. The van der Waals surface area contributed by atoms with Gasteiger partial charge in [0.25, 0.3) is 5.91 Å². The fourth-order valence-electron chi connectivity index (χ4n) is 2.13. The Balaban J connectivity index is 0.000000254. The number of aliphatic hydroxyl groups excluding tert-OH is 1. The van der Waals surface area contributed by atoms with Crippen molar-refractivity contribution < 1.29 is 29.3 Å². The van der Waals surface area contributed by atoms with E-state index in [2.05, 4.69) is 5.32 Å². The van der Waals surface area contributed by atoms with Crippen LogP contribution in [0.1, 0.15) is 35.5 Å². The number of rotatable bonds is 3. The second kappa shape index (κ2) is 7.35. The molecule has 120 valence electrons. The van der Waals surface area contributed by atoms with Crippen molar-refractivity contribution >= 4 is 11.9 Å². The maximum atomic E-state index is 11.6. The molecule has 1 aromatic carbocycles. The van der Waals surface area contributed by atoms with E-state index in [1.54, 1.807) is 0 Å². The number of carboxylic acid groups (broad SMARTS) is 1. The molecule has 7 heteroatoms. The van der Waals surface area contributed by atoms with E-state index in [4.69, 9.17) is 19.7 Å². The third-order valence-electron chi connectivity index (χ3n) is 3.32. The zero-order chi connectivity index (χ0) is 16.1. The summed E-state index contributed by atoms with van der Waals surface area (Å²) in [5.74, 6) is -1.24. The van der Waals surface area contributed by atoms with Gasteiger partial charge in [0.1, 0.15) is 6.10 Å². The first-order valence-electron chi connectivity index (χ1n) is 7.03. The maximum Gasteiger partial charge on any atom is 0.332 e. The van der Waals surface area contributed by atoms with Crippen molar-refractivity contribution in [2.75, 3.05) is 13.2 Å². The van der Waals surface area contributed by atoms with Gasteiger partial charge in [0.15, 0.2) is 6.23 Å². The average molecular weight is 309 g/mol. The van der Waals surface area contributed by atoms with Crippen LogP contribution in [0.2, 0.25) is 0 Å². The van der Waals surface area contributed by atoms with Crippen molar-refractivity contribution in [1.82, 2.24) is 5.32 Å². The van der Waals surface area contributed by atoms with Gasteiger partial charge in [0, 0.05) is 17.7 Å². The number of carbonyl (C=O) groups is 2. The van der Waals surface area contributed by atoms with Crippen LogP contribution in [0.4, 0.5) is 0 Å². The number of amides is 1. The summed E-state index contributed by atoms with van der Waals surface area (Å²) in [5.41, 5.74) is 1.64. The van der Waals surface area contributed by atoms with Crippen LogP contribution in [0, 0.1) is 0 Å². The average Bonchev–Trinajstić information content (AvgIpc) is 3.10. The molecule has 22 heavy (non-hydrogen) atoms. The molecule has 0 bridgehead atoms. The van der Waals surface area contributed by atoms with Gasteiger partial charge >= 0.3 is 5.97 Å². The van der Waals surface area contributed by atoms with Gasteiger partial charge in [-0.1, -0.05) is 18.2 Å². The molecule has 1 amide bonds. The third kappa shape index (κ3) is 4.03. The summed E-state index contributed by atoms with van der Waals surface area (Å²) in [6.07, 6.45) is -0.550. The monoisotopic (exact) mass is 309 g/mol. The van der Waals surface area contributed by atoms with Crippen LogP contribution >= 0.6 is 0 Å². The summed E-state index contributed by atoms with van der Waals surface area (Å²) in [6.45, 7) is 2.56. The lowest BCUT2D eigenvalue weighted by molar-refractivity contribution is -0.145. The van der Waals surface area contributed by atoms with Gasteiger partial charge in [0.05, 0.1) is 12.7 Å². The van der Waals surface area contributed by atoms with Crippen molar-refractivity contribution in [2.24, 2.45) is 0 Å². The third-order valence-corrected chi connectivity index (χ3v) is 3.32. The Morgan fingerprint density at radius 3 is 2.73 bits per heavy atom. The molecule has 0 saturated carbocycles. The quantitative estimate of drug-likeness (QED) is 0.758. The highest BCUT2D eigenvalue weighted by molar-refractivity contribution is 5.98. The summed E-state index contributed by atoms with van der Waals surface area (Å²) in [5, 5.41) is 18.6. The first-order chi connectivity index (χ1) is 10.5. The van der Waals surface area contributed by atoms with Crippen LogP contribution < -0.4 is 5.32 Å². The molecule has 2 heterocycles. The molecule has 0 spiro atoms. The SMILES string of the molecule is C[C@H](O)C(=O)O.O=C1NC(O[C@H]2CCOC2)c2ccccc21. The second-order valence-electron chi connectivity index (χ2n) is 5.08. The molecule has 1 unspecified atom stereocenters. The van der Waals surface area contributed by atoms with E-state index in [-0.39, 0.29) is 18.2 Å². The van der Waals surface area contributed by atoms with E-state index >= 15 is 0 Å². The minimum absolute atomic E-state index is 0.0560. The van der Waals surface area contributed by atoms with Crippen molar-refractivity contribution in [3.05, 3.63) is 35.4 Å². The number of fused-ring (bicyclic) bond motifs is 1. The van der Waals surface area contributed by atoms with Crippen LogP contribution in [0.5, 0.6) is 0 Å². The minimum Gasteiger partial charge on any atom is -0.479 e. The number of benzene rings is 1. The molecule has 3 rings (SSSR count). The fraction of sp³-hybridized carbons (Fsp3) is 0.467. The standard InChI is InChI=1S/C12H13NO3.C3H6O3/c14-11-9-3-1-2-4-10(9)12(13-11)16-8-5-6-15-7-8;1-2(4)3(5)6/h1-4,8,12H,5-7H2,(H,13,14);2,4H,1H3,(H,5,6)/t8-,12?;2-/m00/s1. The predicted octanol–water partition coefficient (Wildman–Crippen LogP) is 0.686. The molecule has 1 saturated heterocycles. The largest absolute Gasteiger partial charge is 0.479 e. The van der Waals surface area contributed by atoms with Crippen LogP contribution in [0.25, 0.3) is 0 Å². The molecule has 1 aromatic rings. The minimum atomic E-state index is -1.23. The number of ether oxygens (including phenoxy) is 2. The molecule has 1 fully saturated rings. The van der Waals surface area contributed by atoms with E-state index in [0.29, 0.717) is 12.2 Å². The summed E-state index contributed by atoms with van der Waals surface area (Å²) in [4.78, 5) is 21.1. The highest BCUT2D eigenvalue weighted by Crippen LogP contribution is 2.28. The van der Waals surface area contributed by atoms with Gasteiger partial charge in [-0.25, -0.2) is 4.79 Å². The number of nitrogens with one attached hydrogen (secondary N) is 1. The van der Waals surface area contributed by atoms with Crippen LogP contribution in [-0.4, -0.2) is 47.5 Å². The molecule has 7 nitrogen and oxygen atoms in total. The molecular formula is C15H19NO6. The Labute approximate surface area is 127 Å². The first kappa shape index (κ1) is 16.4. The lowest BCUT2D eigenvalue weighted by Crippen LogP contribution is -2.26. The smallest absolute Gasteiger partial charge is 0.332 e. The number of aliphatic carboxylic acids is 1. The molecule has 0 radical (unpaired) electrons. The Hall–Kier alpha value is -1.96. The zero-order valence-electron chi connectivity index (χ0n) is 12.2. The normalized spacial score (nSPS) is 24.0. The molecular weight excluding hydrogens is 290 g/mol. The van der Waals surface area contributed by atoms with Crippen molar-refractivity contribution in [2.45, 2.75) is 31.8 Å². The number of hydrogen-bond acceptors (Lipinski definition) is 5. The summed E-state index contributed by atoms with van der Waals surface area (Å²) in [7, 11) is 0. The zero-order valence-corrected chi connectivity index (χ0v) is 12.2. The van der Waals surface area contributed by atoms with E-state index in [9.17, 15) is 9.59 Å². The van der Waals surface area contributed by atoms with Gasteiger partial charge in [-0.15, -0.1) is 0 Å². The van der Waals surface area contributed by atoms with Gasteiger partial charge in [-0.2, -0.15) is 0 Å². The van der Waals surface area contributed by atoms with Gasteiger partial charge in [-0.05, 0) is 19.4 Å². The Bertz CT molecular complexity index is 539. The topological polar surface area (TPSA) is 105 Å². The molecule has 3 atom stereocenters. The van der Waals surface area contributed by atoms with E-state index in [1.165, 1.54) is 6.92 Å². The van der Waals surface area contributed by atoms with Gasteiger partial charge in [0.2, 0.25) is 0 Å². The summed E-state index contributed by atoms with van der Waals surface area (Å²) < 4.78 is 11.1. The second-order valence-corrected chi connectivity index (χ2v) is 5.08. The maximum absolute atomic E-state index is 11.6. The van der Waals surface area contributed by atoms with E-state index in [0.717, 1.165) is 18.6 Å². The molecule has 0 aliphatic carbocycles. The summed E-state index contributed by atoms with van der Waals surface area (Å²) in [6, 6.07) is 7.52. The number of carbonyl (C=O) groups excluding carboxylic acids is 1. The molecule has 2 aliphatic heterocycles. The van der Waals surface area contributed by atoms with Crippen LogP contribution in [0.3, 0.4) is 0 Å². The highest BCUT2D eigenvalue weighted by atomic mass is 16.6. The van der Waals surface area contributed by atoms with Crippen LogP contribution in [0.15, 0.2) is 24.3 Å². The molecule has 3 N–H and O–H groups in total. The number of carboxylic acids is 1. The van der Waals surface area contributed by atoms with Crippen LogP contribution in [-0.2, 0) is 14.3 Å². The Kier molecular flexibility index (Phi) is 5.48. The first-order valence-corrected chi connectivity index (χ1v) is 7.03. The summed E-state index contributed by atoms with van der Waals surface area (Å²) >= 11 is 0. The predicted molar refractivity (Wildman–Crippen MR) is 76.3 cm³/mol. The molecule has 0 aromatic heterocycles. The lowest BCUT2D eigenvalue weighted by Gasteiger charge is -2.17. The van der Waals surface area contributed by atoms with E-state index < -0.39 is 12.1 Å². The number of hydrogen-bond donors (Lipinski definition) is 3. The van der Waals surface area contributed by atoms with E-state index in [1.807, 2.05) is 24.3 Å². The Morgan fingerprint density at radius 1 is 1.45 bits per heavy atom. The lowest BCUT2D eigenvalue weighted by atomic mass is 10.1. The van der Waals surface area contributed by atoms with Crippen molar-refractivity contribution in [1.29, 1.82) is 0 Å². The van der Waals surface area contributed by atoms with Crippen molar-refractivity contribution in [3.8, 4) is 0 Å². The van der Waals surface area contributed by atoms with Gasteiger partial charge in [-0.3, -0.25) is 4.79 Å².